The highest BCUT2D eigenvalue weighted by Crippen LogP contribution is 2.16. The molecule has 0 radical (unpaired) electrons. The summed E-state index contributed by atoms with van der Waals surface area (Å²) in [7, 11) is 1.61. The van der Waals surface area contributed by atoms with Gasteiger partial charge in [0, 0.05) is 19.0 Å². The van der Waals surface area contributed by atoms with Crippen molar-refractivity contribution in [3.63, 3.8) is 0 Å². The van der Waals surface area contributed by atoms with E-state index in [-0.39, 0.29) is 24.0 Å². The van der Waals surface area contributed by atoms with E-state index >= 15 is 0 Å². The zero-order valence-electron chi connectivity index (χ0n) is 13.7. The molecular weight excluding hydrogens is 323 g/mol. The first-order chi connectivity index (χ1) is 12.1. The van der Waals surface area contributed by atoms with Crippen molar-refractivity contribution >= 4 is 5.91 Å². The summed E-state index contributed by atoms with van der Waals surface area (Å²) in [4.78, 5) is 12.1. The fraction of sp³-hybridized carbons (Fsp3) is 0.158. The molecule has 0 saturated carbocycles. The van der Waals surface area contributed by atoms with Crippen LogP contribution in [0.4, 0.5) is 4.39 Å². The van der Waals surface area contributed by atoms with Crippen molar-refractivity contribution in [1.82, 2.24) is 10.5 Å². The lowest BCUT2D eigenvalue weighted by atomic mass is 10.1. The lowest BCUT2D eigenvalue weighted by Gasteiger charge is -2.02. The van der Waals surface area contributed by atoms with Gasteiger partial charge in [-0.25, -0.2) is 4.39 Å². The third-order valence-electron chi connectivity index (χ3n) is 3.67. The molecule has 25 heavy (non-hydrogen) atoms. The number of carbonyl (C=O) groups is 1. The molecule has 0 unspecified atom stereocenters. The van der Waals surface area contributed by atoms with Gasteiger partial charge in [0.25, 0.3) is 5.91 Å². The van der Waals surface area contributed by atoms with Crippen LogP contribution in [0.3, 0.4) is 0 Å². The predicted octanol–water partition coefficient (Wildman–Crippen LogP) is 3.34. The Morgan fingerprint density at radius 2 is 1.96 bits per heavy atom. The van der Waals surface area contributed by atoms with Gasteiger partial charge in [0.1, 0.15) is 11.6 Å². The highest BCUT2D eigenvalue weighted by molar-refractivity contribution is 5.91. The number of ether oxygens (including phenoxy) is 1. The van der Waals surface area contributed by atoms with Crippen LogP contribution in [-0.2, 0) is 13.0 Å². The molecule has 5 nitrogen and oxygen atoms in total. The van der Waals surface area contributed by atoms with E-state index in [1.165, 1.54) is 12.1 Å². The van der Waals surface area contributed by atoms with Gasteiger partial charge >= 0.3 is 0 Å². The Kier molecular flexibility index (Phi) is 5.09. The van der Waals surface area contributed by atoms with E-state index in [1.807, 2.05) is 24.3 Å². The lowest BCUT2D eigenvalue weighted by Crippen LogP contribution is -2.22. The van der Waals surface area contributed by atoms with Gasteiger partial charge in [0.05, 0.1) is 12.8 Å². The van der Waals surface area contributed by atoms with E-state index in [1.54, 1.807) is 25.3 Å². The molecule has 0 bridgehead atoms. The number of hydrogen-bond donors (Lipinski definition) is 1. The quantitative estimate of drug-likeness (QED) is 0.747. The predicted molar refractivity (Wildman–Crippen MR) is 89.9 cm³/mol. The molecule has 0 aliphatic carbocycles. The second-order valence-electron chi connectivity index (χ2n) is 5.52. The van der Waals surface area contributed by atoms with E-state index in [4.69, 9.17) is 9.26 Å². The molecule has 0 spiro atoms. The molecule has 3 aromatic rings. The Balaban J connectivity index is 1.60. The van der Waals surface area contributed by atoms with Crippen LogP contribution in [0.2, 0.25) is 0 Å². The molecule has 0 saturated heterocycles. The average Bonchev–Trinajstić information content (AvgIpc) is 3.09. The van der Waals surface area contributed by atoms with Crippen molar-refractivity contribution in [2.75, 3.05) is 7.11 Å². The summed E-state index contributed by atoms with van der Waals surface area (Å²) < 4.78 is 23.2. The zero-order valence-corrected chi connectivity index (χ0v) is 13.7. The van der Waals surface area contributed by atoms with E-state index < -0.39 is 0 Å². The van der Waals surface area contributed by atoms with E-state index in [9.17, 15) is 9.18 Å². The Hall–Kier alpha value is -3.15. The lowest BCUT2D eigenvalue weighted by molar-refractivity contribution is 0.0914. The second-order valence-corrected chi connectivity index (χ2v) is 5.52. The molecule has 1 amide bonds. The first-order valence-corrected chi connectivity index (χ1v) is 7.75. The molecule has 0 atom stereocenters. The highest BCUT2D eigenvalue weighted by atomic mass is 19.1. The molecular formula is C19H17FN2O3. The Bertz CT molecular complexity index is 859. The van der Waals surface area contributed by atoms with Gasteiger partial charge in [0.15, 0.2) is 0 Å². The molecule has 1 aromatic heterocycles. The molecule has 3 rings (SSSR count). The van der Waals surface area contributed by atoms with Crippen molar-refractivity contribution in [1.29, 1.82) is 0 Å². The zero-order chi connectivity index (χ0) is 17.6. The molecule has 1 N–H and O–H groups in total. The summed E-state index contributed by atoms with van der Waals surface area (Å²) >= 11 is 0. The number of halogens is 1. The fourth-order valence-corrected chi connectivity index (χ4v) is 2.37. The van der Waals surface area contributed by atoms with Crippen molar-refractivity contribution < 1.29 is 18.4 Å². The molecule has 6 heteroatoms. The van der Waals surface area contributed by atoms with Crippen LogP contribution in [0.25, 0.3) is 0 Å². The van der Waals surface area contributed by atoms with Gasteiger partial charge in [-0.05, 0) is 35.4 Å². The van der Waals surface area contributed by atoms with Gasteiger partial charge < -0.3 is 14.6 Å². The number of aromatic nitrogens is 1. The molecule has 0 aliphatic heterocycles. The van der Waals surface area contributed by atoms with Crippen LogP contribution < -0.4 is 10.1 Å². The molecule has 128 valence electrons. The van der Waals surface area contributed by atoms with Gasteiger partial charge in [-0.2, -0.15) is 0 Å². The van der Waals surface area contributed by atoms with E-state index in [0.29, 0.717) is 12.1 Å². The number of nitrogens with one attached hydrogen (secondary N) is 1. The topological polar surface area (TPSA) is 64.4 Å². The van der Waals surface area contributed by atoms with Crippen LogP contribution in [0.1, 0.15) is 27.4 Å². The summed E-state index contributed by atoms with van der Waals surface area (Å²) in [6, 6.07) is 15.2. The maximum absolute atomic E-state index is 12.9. The summed E-state index contributed by atoms with van der Waals surface area (Å²) in [5.41, 5.74) is 2.46. The molecule has 0 aliphatic rings. The highest BCUT2D eigenvalue weighted by Gasteiger charge is 2.13. The third-order valence-corrected chi connectivity index (χ3v) is 3.67. The van der Waals surface area contributed by atoms with Crippen molar-refractivity contribution in [2.24, 2.45) is 0 Å². The Morgan fingerprint density at radius 1 is 1.16 bits per heavy atom. The van der Waals surface area contributed by atoms with Gasteiger partial charge in [-0.3, -0.25) is 4.79 Å². The summed E-state index contributed by atoms with van der Waals surface area (Å²) in [5.74, 6) is 0.222. The summed E-state index contributed by atoms with van der Waals surface area (Å²) in [5, 5.41) is 6.64. The number of nitrogens with zero attached hydrogens (tertiary/aromatic N) is 1. The van der Waals surface area contributed by atoms with Crippen molar-refractivity contribution in [2.45, 2.75) is 13.0 Å². The van der Waals surface area contributed by atoms with Gasteiger partial charge in [0.2, 0.25) is 5.76 Å². The summed E-state index contributed by atoms with van der Waals surface area (Å²) in [6.07, 6.45) is 0.534. The Labute approximate surface area is 144 Å². The first-order valence-electron chi connectivity index (χ1n) is 7.75. The van der Waals surface area contributed by atoms with Crippen molar-refractivity contribution in [3.8, 4) is 5.75 Å². The number of benzene rings is 2. The van der Waals surface area contributed by atoms with E-state index in [2.05, 4.69) is 10.5 Å². The third kappa shape index (κ3) is 4.44. The van der Waals surface area contributed by atoms with Crippen LogP contribution >= 0.6 is 0 Å². The van der Waals surface area contributed by atoms with Crippen LogP contribution in [0, 0.1) is 5.82 Å². The smallest absolute Gasteiger partial charge is 0.290 e. The number of hydrogen-bond acceptors (Lipinski definition) is 4. The molecule has 1 heterocycles. The average molecular weight is 340 g/mol. The normalized spacial score (nSPS) is 10.5. The fourth-order valence-electron chi connectivity index (χ4n) is 2.37. The van der Waals surface area contributed by atoms with Gasteiger partial charge in [-0.1, -0.05) is 29.4 Å². The number of rotatable bonds is 6. The monoisotopic (exact) mass is 340 g/mol. The van der Waals surface area contributed by atoms with E-state index in [0.717, 1.165) is 16.9 Å². The van der Waals surface area contributed by atoms with Crippen LogP contribution in [0.5, 0.6) is 5.75 Å². The largest absolute Gasteiger partial charge is 0.497 e. The standard InChI is InChI=1S/C19H17FN2O3/c1-24-17-4-2-3-14(10-17)9-16-11-18(25-22-16)19(23)21-12-13-5-7-15(20)8-6-13/h2-8,10-11H,9,12H2,1H3,(H,21,23). The second kappa shape index (κ2) is 7.61. The summed E-state index contributed by atoms with van der Waals surface area (Å²) in [6.45, 7) is 0.283. The Morgan fingerprint density at radius 3 is 2.72 bits per heavy atom. The minimum atomic E-state index is -0.367. The SMILES string of the molecule is COc1cccc(Cc2cc(C(=O)NCc3ccc(F)cc3)on2)c1. The van der Waals surface area contributed by atoms with Crippen LogP contribution in [-0.4, -0.2) is 18.2 Å². The molecule has 0 fully saturated rings. The first kappa shape index (κ1) is 16.7. The number of carbonyl (C=O) groups excluding carboxylic acids is 1. The molecule has 2 aromatic carbocycles. The maximum Gasteiger partial charge on any atom is 0.290 e. The van der Waals surface area contributed by atoms with Gasteiger partial charge in [-0.15, -0.1) is 0 Å². The number of amides is 1. The minimum Gasteiger partial charge on any atom is -0.497 e. The van der Waals surface area contributed by atoms with Crippen molar-refractivity contribution in [3.05, 3.63) is 83.0 Å². The van der Waals surface area contributed by atoms with Crippen LogP contribution in [0.15, 0.2) is 59.1 Å². The minimum absolute atomic E-state index is 0.139. The maximum atomic E-state index is 12.9. The number of methoxy groups -OCH3 is 1.